The lowest BCUT2D eigenvalue weighted by molar-refractivity contribution is 0.306. The molecule has 0 aliphatic carbocycles. The van der Waals surface area contributed by atoms with Crippen LogP contribution in [-0.4, -0.2) is 52.8 Å². The number of hydrogen-bond acceptors (Lipinski definition) is 4. The van der Waals surface area contributed by atoms with Crippen LogP contribution in [0.1, 0.15) is 6.42 Å². The second kappa shape index (κ2) is 12.5. The van der Waals surface area contributed by atoms with Crippen LogP contribution in [0.5, 0.6) is 0 Å². The zero-order valence-electron chi connectivity index (χ0n) is 17.1. The molecule has 0 bridgehead atoms. The van der Waals surface area contributed by atoms with Gasteiger partial charge < -0.3 is 10.2 Å². The van der Waals surface area contributed by atoms with E-state index < -0.39 is 0 Å². The third-order valence-corrected chi connectivity index (χ3v) is 5.56. The second-order valence-corrected chi connectivity index (χ2v) is 7.82. The van der Waals surface area contributed by atoms with Crippen LogP contribution < -0.4 is 5.32 Å². The molecule has 0 aliphatic rings. The van der Waals surface area contributed by atoms with Gasteiger partial charge in [0.2, 0.25) is 0 Å². The number of para-hydroxylation sites is 1. The molecule has 0 amide bonds. The number of nitrogens with one attached hydrogen (secondary N) is 1. The number of nitrogens with zero attached hydrogens (tertiary/aromatic N) is 3. The fourth-order valence-corrected chi connectivity index (χ4v) is 4.28. The van der Waals surface area contributed by atoms with Gasteiger partial charge in [-0.3, -0.25) is 4.98 Å². The maximum atomic E-state index is 5.91. The Hall–Kier alpha value is -1.56. The Balaban J connectivity index is 0.00000171. The number of aromatic nitrogens is 2. The van der Waals surface area contributed by atoms with Crippen molar-refractivity contribution < 1.29 is 0 Å². The Kier molecular flexibility index (Phi) is 10.3. The molecule has 0 spiro atoms. The molecule has 2 heterocycles. The van der Waals surface area contributed by atoms with E-state index in [1.165, 1.54) is 0 Å². The first-order valence-corrected chi connectivity index (χ1v) is 11.0. The molecule has 0 radical (unpaired) electrons. The summed E-state index contributed by atoms with van der Waals surface area (Å²) < 4.78 is 0. The molecule has 166 valence electrons. The minimum Gasteiger partial charge on any atom is -0.384 e. The summed E-state index contributed by atoms with van der Waals surface area (Å²) in [6.07, 6.45) is 4.73. The predicted octanol–water partition coefficient (Wildman–Crippen LogP) is 6.36. The molecule has 4 aromatic rings. The number of halogens is 4. The second-order valence-electron chi connectivity index (χ2n) is 7.06. The SMILES string of the molecule is Cl.Cl.ClCCN(CCCl)CCCNc1c2ccccc2nc2c1ccc1cnccc12. The van der Waals surface area contributed by atoms with Crippen molar-refractivity contribution in [3.8, 4) is 0 Å². The Morgan fingerprint density at radius 1 is 0.839 bits per heavy atom. The lowest BCUT2D eigenvalue weighted by atomic mass is 10.0. The minimum absolute atomic E-state index is 0. The molecule has 0 saturated heterocycles. The van der Waals surface area contributed by atoms with E-state index >= 15 is 0 Å². The number of rotatable bonds is 9. The molecule has 4 rings (SSSR count). The van der Waals surface area contributed by atoms with Gasteiger partial charge in [0.15, 0.2) is 0 Å². The van der Waals surface area contributed by atoms with Crippen LogP contribution in [0.15, 0.2) is 54.9 Å². The molecule has 31 heavy (non-hydrogen) atoms. The van der Waals surface area contributed by atoms with Crippen LogP contribution >= 0.6 is 48.0 Å². The molecular formula is C23H26Cl4N4. The predicted molar refractivity (Wildman–Crippen MR) is 140 cm³/mol. The number of hydrogen-bond donors (Lipinski definition) is 1. The van der Waals surface area contributed by atoms with Crippen molar-refractivity contribution in [2.24, 2.45) is 0 Å². The van der Waals surface area contributed by atoms with Crippen molar-refractivity contribution in [1.29, 1.82) is 0 Å². The van der Waals surface area contributed by atoms with E-state index in [1.54, 1.807) is 0 Å². The highest BCUT2D eigenvalue weighted by Gasteiger charge is 2.11. The van der Waals surface area contributed by atoms with Gasteiger partial charge in [-0.15, -0.1) is 48.0 Å². The highest BCUT2D eigenvalue weighted by atomic mass is 35.5. The summed E-state index contributed by atoms with van der Waals surface area (Å²) in [5, 5.41) is 8.20. The molecule has 0 fully saturated rings. The van der Waals surface area contributed by atoms with Gasteiger partial charge in [-0.2, -0.15) is 0 Å². The Bertz CT molecular complexity index is 1120. The molecule has 0 aliphatic heterocycles. The Labute approximate surface area is 205 Å². The first-order chi connectivity index (χ1) is 14.3. The van der Waals surface area contributed by atoms with Gasteiger partial charge >= 0.3 is 0 Å². The first kappa shape index (κ1) is 25.7. The van der Waals surface area contributed by atoms with Crippen molar-refractivity contribution in [3.63, 3.8) is 0 Å². The van der Waals surface area contributed by atoms with Crippen molar-refractivity contribution in [1.82, 2.24) is 14.9 Å². The van der Waals surface area contributed by atoms with E-state index in [-0.39, 0.29) is 24.8 Å². The summed E-state index contributed by atoms with van der Waals surface area (Å²) in [6.45, 7) is 3.59. The number of fused-ring (bicyclic) bond motifs is 4. The molecule has 2 aromatic heterocycles. The molecule has 8 heteroatoms. The standard InChI is InChI=1S/C23H24Cl2N4.2ClH/c24-9-14-29(15-10-25)13-3-11-27-22-19-4-1-2-5-21(19)28-23-18-8-12-26-16-17(18)6-7-20(22)23;;/h1-2,4-8,12,16H,3,9-11,13-15H2,(H,27,28);2*1H. The van der Waals surface area contributed by atoms with Crippen LogP contribution in [0.3, 0.4) is 0 Å². The largest absolute Gasteiger partial charge is 0.384 e. The summed E-state index contributed by atoms with van der Waals surface area (Å²) in [6, 6.07) is 14.6. The Morgan fingerprint density at radius 3 is 2.39 bits per heavy atom. The number of pyridine rings is 2. The molecule has 0 unspecified atom stereocenters. The minimum atomic E-state index is 0. The lowest BCUT2D eigenvalue weighted by Gasteiger charge is -2.20. The molecule has 0 atom stereocenters. The van der Waals surface area contributed by atoms with Crippen LogP contribution in [0, 0.1) is 0 Å². The van der Waals surface area contributed by atoms with Gasteiger partial charge in [-0.25, -0.2) is 4.98 Å². The van der Waals surface area contributed by atoms with E-state index in [1.807, 2.05) is 24.5 Å². The summed E-state index contributed by atoms with van der Waals surface area (Å²) in [5.74, 6) is 1.26. The quantitative estimate of drug-likeness (QED) is 0.126. The van der Waals surface area contributed by atoms with Gasteiger partial charge in [-0.1, -0.05) is 30.3 Å². The molecular weight excluding hydrogens is 474 g/mol. The molecule has 1 N–H and O–H groups in total. The molecule has 4 nitrogen and oxygen atoms in total. The average Bonchev–Trinajstić information content (AvgIpc) is 2.76. The Morgan fingerprint density at radius 2 is 1.61 bits per heavy atom. The van der Waals surface area contributed by atoms with Gasteiger partial charge in [0.1, 0.15) is 0 Å². The smallest absolute Gasteiger partial charge is 0.0809 e. The monoisotopic (exact) mass is 498 g/mol. The zero-order chi connectivity index (χ0) is 20.1. The fourth-order valence-electron chi connectivity index (χ4n) is 3.80. The highest BCUT2D eigenvalue weighted by molar-refractivity contribution is 6.18. The van der Waals surface area contributed by atoms with Crippen molar-refractivity contribution in [2.45, 2.75) is 6.42 Å². The number of benzene rings is 2. The lowest BCUT2D eigenvalue weighted by Crippen LogP contribution is -2.30. The summed E-state index contributed by atoms with van der Waals surface area (Å²) in [7, 11) is 0. The highest BCUT2D eigenvalue weighted by Crippen LogP contribution is 2.34. The van der Waals surface area contributed by atoms with Gasteiger partial charge in [0.05, 0.1) is 16.7 Å². The fraction of sp³-hybridized carbons (Fsp3) is 0.304. The van der Waals surface area contributed by atoms with E-state index in [4.69, 9.17) is 28.2 Å². The van der Waals surface area contributed by atoms with Gasteiger partial charge in [0, 0.05) is 65.3 Å². The van der Waals surface area contributed by atoms with Crippen molar-refractivity contribution in [2.75, 3.05) is 43.3 Å². The van der Waals surface area contributed by atoms with E-state index in [0.29, 0.717) is 11.8 Å². The topological polar surface area (TPSA) is 41.0 Å². The van der Waals surface area contributed by atoms with E-state index in [2.05, 4.69) is 45.5 Å². The third kappa shape index (κ3) is 5.82. The maximum absolute atomic E-state index is 5.91. The first-order valence-electron chi connectivity index (χ1n) is 9.95. The normalized spacial score (nSPS) is 10.9. The van der Waals surface area contributed by atoms with Crippen molar-refractivity contribution in [3.05, 3.63) is 54.9 Å². The number of anilines is 1. The number of alkyl halides is 2. The van der Waals surface area contributed by atoms with Crippen LogP contribution in [-0.2, 0) is 0 Å². The van der Waals surface area contributed by atoms with Crippen molar-refractivity contribution >= 4 is 86.3 Å². The van der Waals surface area contributed by atoms with Gasteiger partial charge in [0.25, 0.3) is 0 Å². The van der Waals surface area contributed by atoms with Crippen LogP contribution in [0.25, 0.3) is 32.6 Å². The third-order valence-electron chi connectivity index (χ3n) is 5.22. The maximum Gasteiger partial charge on any atom is 0.0809 e. The summed E-state index contributed by atoms with van der Waals surface area (Å²) >= 11 is 11.8. The van der Waals surface area contributed by atoms with Crippen LogP contribution in [0.2, 0.25) is 0 Å². The molecule has 2 aromatic carbocycles. The van der Waals surface area contributed by atoms with Crippen LogP contribution in [0.4, 0.5) is 5.69 Å². The summed E-state index contributed by atoms with van der Waals surface area (Å²) in [4.78, 5) is 11.5. The van der Waals surface area contributed by atoms with E-state index in [9.17, 15) is 0 Å². The van der Waals surface area contributed by atoms with Gasteiger partial charge in [-0.05, 0) is 25.1 Å². The average molecular weight is 500 g/mol. The molecule has 0 saturated carbocycles. The zero-order valence-corrected chi connectivity index (χ0v) is 20.2. The summed E-state index contributed by atoms with van der Waals surface area (Å²) in [5.41, 5.74) is 3.15. The van der Waals surface area contributed by atoms with E-state index in [0.717, 1.165) is 70.9 Å².